The van der Waals surface area contributed by atoms with Gasteiger partial charge in [-0.1, -0.05) is 0 Å². The number of nitrogens with one attached hydrogen (secondary N) is 1. The van der Waals surface area contributed by atoms with E-state index in [4.69, 9.17) is 14.9 Å². The Morgan fingerprint density at radius 2 is 1.76 bits per heavy atom. The zero-order valence-electron chi connectivity index (χ0n) is 9.71. The van der Waals surface area contributed by atoms with Gasteiger partial charge in [0.05, 0.1) is 12.5 Å². The van der Waals surface area contributed by atoms with Crippen LogP contribution in [-0.2, 0) is 4.74 Å². The third-order valence-corrected chi connectivity index (χ3v) is 1.51. The Balaban J connectivity index is 4.41. The van der Waals surface area contributed by atoms with E-state index in [-0.39, 0.29) is 0 Å². The molecule has 5 nitrogen and oxygen atoms in total. The number of hydrogen-bond donors (Lipinski definition) is 3. The molecular formula is C9H16F3NO4. The van der Waals surface area contributed by atoms with Crippen molar-refractivity contribution in [1.29, 1.82) is 0 Å². The van der Waals surface area contributed by atoms with Crippen molar-refractivity contribution in [3.63, 3.8) is 0 Å². The Hall–Kier alpha value is -1.02. The van der Waals surface area contributed by atoms with Crippen molar-refractivity contribution in [2.45, 2.75) is 51.3 Å². The maximum absolute atomic E-state index is 12.0. The summed E-state index contributed by atoms with van der Waals surface area (Å²) in [5.74, 6) is 0. The summed E-state index contributed by atoms with van der Waals surface area (Å²) in [5, 5.41) is 19.2. The van der Waals surface area contributed by atoms with Crippen LogP contribution in [0.15, 0.2) is 0 Å². The molecule has 3 N–H and O–H groups in total. The maximum Gasteiger partial charge on any atom is 0.408 e. The molecule has 0 spiro atoms. The van der Waals surface area contributed by atoms with Crippen molar-refractivity contribution >= 4 is 6.09 Å². The van der Waals surface area contributed by atoms with Crippen LogP contribution >= 0.6 is 0 Å². The van der Waals surface area contributed by atoms with Crippen molar-refractivity contribution < 1.29 is 32.9 Å². The van der Waals surface area contributed by atoms with Gasteiger partial charge in [0.1, 0.15) is 5.60 Å². The van der Waals surface area contributed by atoms with Gasteiger partial charge in [-0.25, -0.2) is 4.79 Å². The third-order valence-electron chi connectivity index (χ3n) is 1.51. The van der Waals surface area contributed by atoms with Crippen LogP contribution < -0.4 is 5.32 Å². The number of alkyl carbamates (subject to hydrolysis) is 1. The van der Waals surface area contributed by atoms with E-state index in [0.29, 0.717) is 0 Å². The molecule has 0 rings (SSSR count). The van der Waals surface area contributed by atoms with Crippen LogP contribution in [0, 0.1) is 0 Å². The number of aliphatic hydroxyl groups excluding tert-OH is 1. The van der Waals surface area contributed by atoms with E-state index in [1.807, 2.05) is 0 Å². The molecule has 0 aromatic rings. The summed E-state index contributed by atoms with van der Waals surface area (Å²) in [4.78, 5) is 11.1. The number of carbonyl (C=O) groups excluding carboxylic acids is 1. The molecule has 0 aromatic heterocycles. The predicted octanol–water partition coefficient (Wildman–Crippen LogP) is 1.14. The van der Waals surface area contributed by atoms with E-state index in [1.165, 1.54) is 20.8 Å². The average Bonchev–Trinajstić information content (AvgIpc) is 1.95. The molecular weight excluding hydrogens is 243 g/mol. The number of ether oxygens (including phenoxy) is 1. The molecule has 102 valence electrons. The lowest BCUT2D eigenvalue weighted by atomic mass is 10.2. The highest BCUT2D eigenvalue weighted by atomic mass is 19.4. The normalized spacial score (nSPS) is 14.6. The second kappa shape index (κ2) is 5.54. The minimum atomic E-state index is -4.62. The molecule has 0 saturated carbocycles. The minimum Gasteiger partial charge on any atom is -0.444 e. The summed E-state index contributed by atoms with van der Waals surface area (Å²) in [6.45, 7) is 4.59. The lowest BCUT2D eigenvalue weighted by Gasteiger charge is -2.25. The second-order valence-electron chi connectivity index (χ2n) is 4.49. The number of aliphatic hydroxyl groups is 2. The summed E-state index contributed by atoms with van der Waals surface area (Å²) >= 11 is 0. The summed E-state index contributed by atoms with van der Waals surface area (Å²) in [7, 11) is 0. The van der Waals surface area contributed by atoms with Gasteiger partial charge >= 0.3 is 12.3 Å². The van der Waals surface area contributed by atoms with E-state index < -0.39 is 36.6 Å². The molecule has 0 saturated heterocycles. The summed E-state index contributed by atoms with van der Waals surface area (Å²) in [6, 6.07) is -1.86. The molecule has 0 radical (unpaired) electrons. The van der Waals surface area contributed by atoms with Crippen molar-refractivity contribution in [1.82, 2.24) is 5.32 Å². The van der Waals surface area contributed by atoms with Crippen LogP contribution in [0.3, 0.4) is 0 Å². The molecule has 8 heteroatoms. The molecule has 0 aromatic carbocycles. The highest BCUT2D eigenvalue weighted by Crippen LogP contribution is 2.22. The van der Waals surface area contributed by atoms with Gasteiger partial charge < -0.3 is 20.3 Å². The Kier molecular flexibility index (Phi) is 5.21. The van der Waals surface area contributed by atoms with Crippen LogP contribution in [0.2, 0.25) is 0 Å². The summed E-state index contributed by atoms with van der Waals surface area (Å²) in [5.41, 5.74) is -0.882. The SMILES string of the molecule is CC(C)(C)OC(=O)NC(CC(F)(F)F)C(O)O. The van der Waals surface area contributed by atoms with Crippen LogP contribution in [0.25, 0.3) is 0 Å². The van der Waals surface area contributed by atoms with Crippen molar-refractivity contribution in [2.24, 2.45) is 0 Å². The average molecular weight is 259 g/mol. The summed E-state index contributed by atoms with van der Waals surface area (Å²) in [6.07, 6.45) is -9.63. The molecule has 1 amide bonds. The van der Waals surface area contributed by atoms with Crippen molar-refractivity contribution in [3.05, 3.63) is 0 Å². The van der Waals surface area contributed by atoms with Crippen LogP contribution in [0.1, 0.15) is 27.2 Å². The molecule has 0 aliphatic rings. The zero-order chi connectivity index (χ0) is 13.9. The fraction of sp³-hybridized carbons (Fsp3) is 0.889. The van der Waals surface area contributed by atoms with Crippen molar-refractivity contribution in [2.75, 3.05) is 0 Å². The maximum atomic E-state index is 12.0. The summed E-state index contributed by atoms with van der Waals surface area (Å²) < 4.78 is 40.8. The Morgan fingerprint density at radius 1 is 1.29 bits per heavy atom. The molecule has 1 unspecified atom stereocenters. The van der Waals surface area contributed by atoms with Gasteiger partial charge in [-0.05, 0) is 20.8 Å². The zero-order valence-corrected chi connectivity index (χ0v) is 9.71. The number of carbonyl (C=O) groups is 1. The van der Waals surface area contributed by atoms with Gasteiger partial charge in [0, 0.05) is 0 Å². The Labute approximate surface area is 96.6 Å². The van der Waals surface area contributed by atoms with Gasteiger partial charge in [-0.15, -0.1) is 0 Å². The largest absolute Gasteiger partial charge is 0.444 e. The van der Waals surface area contributed by atoms with Crippen molar-refractivity contribution in [3.8, 4) is 0 Å². The van der Waals surface area contributed by atoms with E-state index >= 15 is 0 Å². The number of hydrogen-bond acceptors (Lipinski definition) is 4. The van der Waals surface area contributed by atoms with Gasteiger partial charge in [0.2, 0.25) is 0 Å². The molecule has 0 fully saturated rings. The lowest BCUT2D eigenvalue weighted by molar-refractivity contribution is -0.163. The predicted molar refractivity (Wildman–Crippen MR) is 52.1 cm³/mol. The topological polar surface area (TPSA) is 78.8 Å². The third kappa shape index (κ3) is 8.75. The first-order chi connectivity index (χ1) is 7.41. The highest BCUT2D eigenvalue weighted by Gasteiger charge is 2.36. The number of halogens is 3. The van der Waals surface area contributed by atoms with E-state index in [2.05, 4.69) is 0 Å². The molecule has 0 heterocycles. The Morgan fingerprint density at radius 3 is 2.06 bits per heavy atom. The number of amides is 1. The smallest absolute Gasteiger partial charge is 0.408 e. The molecule has 0 aliphatic carbocycles. The van der Waals surface area contributed by atoms with E-state index in [9.17, 15) is 18.0 Å². The van der Waals surface area contributed by atoms with Gasteiger partial charge in [0.15, 0.2) is 6.29 Å². The van der Waals surface area contributed by atoms with Gasteiger partial charge in [-0.2, -0.15) is 13.2 Å². The minimum absolute atomic E-state index is 0.882. The highest BCUT2D eigenvalue weighted by molar-refractivity contribution is 5.68. The fourth-order valence-corrected chi connectivity index (χ4v) is 0.939. The standard InChI is InChI=1S/C9H16F3NO4/c1-8(2,3)17-7(16)13-5(6(14)15)4-9(10,11)12/h5-6,14-15H,4H2,1-3H3,(H,13,16). The first-order valence-corrected chi connectivity index (χ1v) is 4.83. The first kappa shape index (κ1) is 16.0. The molecule has 1 atom stereocenters. The van der Waals surface area contributed by atoms with Crippen LogP contribution in [0.5, 0.6) is 0 Å². The molecule has 0 bridgehead atoms. The fourth-order valence-electron chi connectivity index (χ4n) is 0.939. The molecule has 0 aliphatic heterocycles. The van der Waals surface area contributed by atoms with E-state index in [0.717, 1.165) is 0 Å². The first-order valence-electron chi connectivity index (χ1n) is 4.83. The van der Waals surface area contributed by atoms with Crippen LogP contribution in [-0.4, -0.2) is 40.4 Å². The molecule has 17 heavy (non-hydrogen) atoms. The van der Waals surface area contributed by atoms with Gasteiger partial charge in [-0.3, -0.25) is 0 Å². The monoisotopic (exact) mass is 259 g/mol. The van der Waals surface area contributed by atoms with Crippen LogP contribution in [0.4, 0.5) is 18.0 Å². The number of alkyl halides is 3. The second-order valence-corrected chi connectivity index (χ2v) is 4.49. The Bertz CT molecular complexity index is 260. The van der Waals surface area contributed by atoms with E-state index in [1.54, 1.807) is 5.32 Å². The van der Waals surface area contributed by atoms with Gasteiger partial charge in [0.25, 0.3) is 0 Å². The lowest BCUT2D eigenvalue weighted by Crippen LogP contribution is -2.47. The number of rotatable bonds is 3. The quantitative estimate of drug-likeness (QED) is 0.664.